The Bertz CT molecular complexity index is 658. The Morgan fingerprint density at radius 2 is 2.00 bits per heavy atom. The van der Waals surface area contributed by atoms with Crippen molar-refractivity contribution < 1.29 is 9.53 Å². The first kappa shape index (κ1) is 15.4. The molecule has 21 heavy (non-hydrogen) atoms. The van der Waals surface area contributed by atoms with Gasteiger partial charge >= 0.3 is 0 Å². The average molecular weight is 349 g/mol. The van der Waals surface area contributed by atoms with Crippen LogP contribution in [0.15, 0.2) is 46.9 Å². The quantitative estimate of drug-likeness (QED) is 0.862. The predicted octanol–water partition coefficient (Wildman–Crippen LogP) is 3.31. The van der Waals surface area contributed by atoms with Crippen LogP contribution >= 0.6 is 15.9 Å². The Kier molecular flexibility index (Phi) is 4.85. The largest absolute Gasteiger partial charge is 0.494 e. The molecule has 0 aromatic heterocycles. The number of nitrogen functional groups attached to an aromatic ring is 1. The van der Waals surface area contributed by atoms with Gasteiger partial charge in [0, 0.05) is 18.1 Å². The van der Waals surface area contributed by atoms with Crippen LogP contribution in [0.5, 0.6) is 5.75 Å². The molecule has 110 valence electrons. The van der Waals surface area contributed by atoms with Gasteiger partial charge in [0.05, 0.1) is 18.4 Å². The van der Waals surface area contributed by atoms with Gasteiger partial charge in [-0.1, -0.05) is 34.1 Å². The van der Waals surface area contributed by atoms with Gasteiger partial charge in [0.15, 0.2) is 5.75 Å². The second kappa shape index (κ2) is 6.63. The normalized spacial score (nSPS) is 10.2. The lowest BCUT2D eigenvalue weighted by Crippen LogP contribution is -2.26. The fourth-order valence-corrected chi connectivity index (χ4v) is 2.58. The van der Waals surface area contributed by atoms with Crippen LogP contribution in [0.4, 0.5) is 5.69 Å². The van der Waals surface area contributed by atoms with E-state index in [2.05, 4.69) is 15.9 Å². The van der Waals surface area contributed by atoms with Gasteiger partial charge in [0.25, 0.3) is 5.91 Å². The van der Waals surface area contributed by atoms with E-state index < -0.39 is 0 Å². The lowest BCUT2D eigenvalue weighted by molar-refractivity contribution is 0.0782. The number of methoxy groups -OCH3 is 1. The molecule has 1 amide bonds. The number of hydrogen-bond acceptors (Lipinski definition) is 3. The summed E-state index contributed by atoms with van der Waals surface area (Å²) in [6.07, 6.45) is 0. The summed E-state index contributed by atoms with van der Waals surface area (Å²) in [5.41, 5.74) is 7.81. The standard InChI is InChI=1S/C16H17BrN2O2/c1-19(10-11-5-3-6-12(17)9-11)16(20)13-7-4-8-14(18)15(13)21-2/h3-9H,10,18H2,1-2H3. The van der Waals surface area contributed by atoms with E-state index in [1.165, 1.54) is 7.11 Å². The minimum Gasteiger partial charge on any atom is -0.494 e. The van der Waals surface area contributed by atoms with E-state index in [0.717, 1.165) is 10.0 Å². The zero-order valence-corrected chi connectivity index (χ0v) is 13.6. The zero-order chi connectivity index (χ0) is 15.4. The summed E-state index contributed by atoms with van der Waals surface area (Å²) >= 11 is 3.43. The molecular weight excluding hydrogens is 332 g/mol. The molecule has 2 rings (SSSR count). The molecule has 0 unspecified atom stereocenters. The summed E-state index contributed by atoms with van der Waals surface area (Å²) in [7, 11) is 3.27. The Hall–Kier alpha value is -2.01. The second-order valence-corrected chi connectivity index (χ2v) is 5.63. The molecule has 2 aromatic rings. The monoisotopic (exact) mass is 348 g/mol. The van der Waals surface area contributed by atoms with E-state index in [0.29, 0.717) is 23.5 Å². The fourth-order valence-electron chi connectivity index (χ4n) is 2.14. The van der Waals surface area contributed by atoms with Gasteiger partial charge < -0.3 is 15.4 Å². The molecule has 0 spiro atoms. The van der Waals surface area contributed by atoms with Crippen molar-refractivity contribution in [2.45, 2.75) is 6.54 Å². The highest BCUT2D eigenvalue weighted by Crippen LogP contribution is 2.27. The van der Waals surface area contributed by atoms with Crippen molar-refractivity contribution in [2.24, 2.45) is 0 Å². The summed E-state index contributed by atoms with van der Waals surface area (Å²) in [6, 6.07) is 13.0. The second-order valence-electron chi connectivity index (χ2n) is 4.72. The van der Waals surface area contributed by atoms with Crippen molar-refractivity contribution >= 4 is 27.5 Å². The average Bonchev–Trinajstić information content (AvgIpc) is 2.46. The predicted molar refractivity (Wildman–Crippen MR) is 87.3 cm³/mol. The number of ether oxygens (including phenoxy) is 1. The Morgan fingerprint density at radius 1 is 1.29 bits per heavy atom. The van der Waals surface area contributed by atoms with E-state index in [4.69, 9.17) is 10.5 Å². The topological polar surface area (TPSA) is 55.6 Å². The minimum absolute atomic E-state index is 0.126. The third-order valence-electron chi connectivity index (χ3n) is 3.14. The van der Waals surface area contributed by atoms with Crippen molar-refractivity contribution in [2.75, 3.05) is 19.9 Å². The molecule has 2 N–H and O–H groups in total. The van der Waals surface area contributed by atoms with Crippen LogP contribution in [0.1, 0.15) is 15.9 Å². The minimum atomic E-state index is -0.126. The number of hydrogen-bond donors (Lipinski definition) is 1. The number of carbonyl (C=O) groups excluding carboxylic acids is 1. The van der Waals surface area contributed by atoms with Crippen LogP contribution in [-0.4, -0.2) is 25.0 Å². The molecule has 0 aliphatic rings. The SMILES string of the molecule is COc1c(N)cccc1C(=O)N(C)Cc1cccc(Br)c1. The Morgan fingerprint density at radius 3 is 2.67 bits per heavy atom. The van der Waals surface area contributed by atoms with Gasteiger partial charge in [0.2, 0.25) is 0 Å². The smallest absolute Gasteiger partial charge is 0.257 e. The summed E-state index contributed by atoms with van der Waals surface area (Å²) in [5.74, 6) is 0.294. The van der Waals surface area contributed by atoms with Gasteiger partial charge in [-0.25, -0.2) is 0 Å². The summed E-state index contributed by atoms with van der Waals surface area (Å²) in [4.78, 5) is 14.2. The molecule has 0 saturated heterocycles. The van der Waals surface area contributed by atoms with Crippen molar-refractivity contribution in [3.05, 3.63) is 58.1 Å². The van der Waals surface area contributed by atoms with Crippen molar-refractivity contribution in [1.29, 1.82) is 0 Å². The third-order valence-corrected chi connectivity index (χ3v) is 3.63. The van der Waals surface area contributed by atoms with E-state index in [-0.39, 0.29) is 5.91 Å². The first-order valence-electron chi connectivity index (χ1n) is 6.45. The Labute approximate surface area is 132 Å². The van der Waals surface area contributed by atoms with Crippen LogP contribution in [0.3, 0.4) is 0 Å². The number of benzene rings is 2. The third kappa shape index (κ3) is 3.55. The van der Waals surface area contributed by atoms with Crippen molar-refractivity contribution in [3.63, 3.8) is 0 Å². The molecule has 0 aliphatic carbocycles. The van der Waals surface area contributed by atoms with Gasteiger partial charge in [-0.05, 0) is 29.8 Å². The molecule has 0 bridgehead atoms. The van der Waals surface area contributed by atoms with E-state index >= 15 is 0 Å². The number of nitrogens with two attached hydrogens (primary N) is 1. The van der Waals surface area contributed by atoms with Crippen LogP contribution < -0.4 is 10.5 Å². The summed E-state index contributed by atoms with van der Waals surface area (Å²) in [5, 5.41) is 0. The molecule has 2 aromatic carbocycles. The van der Waals surface area contributed by atoms with E-state index in [1.54, 1.807) is 30.1 Å². The number of nitrogens with zero attached hydrogens (tertiary/aromatic N) is 1. The van der Waals surface area contributed by atoms with Gasteiger partial charge in [-0.2, -0.15) is 0 Å². The van der Waals surface area contributed by atoms with Crippen molar-refractivity contribution in [1.82, 2.24) is 4.90 Å². The summed E-state index contributed by atoms with van der Waals surface area (Å²) in [6.45, 7) is 0.510. The number of halogens is 1. The van der Waals surface area contributed by atoms with Crippen LogP contribution in [-0.2, 0) is 6.54 Å². The van der Waals surface area contributed by atoms with Gasteiger partial charge in [0.1, 0.15) is 0 Å². The van der Waals surface area contributed by atoms with Gasteiger partial charge in [-0.15, -0.1) is 0 Å². The maximum absolute atomic E-state index is 12.5. The first-order valence-corrected chi connectivity index (χ1v) is 7.24. The van der Waals surface area contributed by atoms with Crippen LogP contribution in [0.25, 0.3) is 0 Å². The lowest BCUT2D eigenvalue weighted by atomic mass is 10.1. The van der Waals surface area contributed by atoms with Gasteiger partial charge in [-0.3, -0.25) is 4.79 Å². The fraction of sp³-hybridized carbons (Fsp3) is 0.188. The highest BCUT2D eigenvalue weighted by molar-refractivity contribution is 9.10. The maximum atomic E-state index is 12.5. The molecule has 0 aliphatic heterocycles. The highest BCUT2D eigenvalue weighted by Gasteiger charge is 2.18. The summed E-state index contributed by atoms with van der Waals surface area (Å²) < 4.78 is 6.23. The molecular formula is C16H17BrN2O2. The number of carbonyl (C=O) groups is 1. The molecule has 4 nitrogen and oxygen atoms in total. The van der Waals surface area contributed by atoms with Crippen LogP contribution in [0.2, 0.25) is 0 Å². The van der Waals surface area contributed by atoms with E-state index in [9.17, 15) is 4.79 Å². The highest BCUT2D eigenvalue weighted by atomic mass is 79.9. The number of rotatable bonds is 4. The number of amides is 1. The van der Waals surface area contributed by atoms with E-state index in [1.807, 2.05) is 24.3 Å². The zero-order valence-electron chi connectivity index (χ0n) is 12.0. The number of anilines is 1. The molecule has 0 atom stereocenters. The molecule has 0 fully saturated rings. The molecule has 5 heteroatoms. The maximum Gasteiger partial charge on any atom is 0.257 e. The first-order chi connectivity index (χ1) is 10.0. The molecule has 0 heterocycles. The lowest BCUT2D eigenvalue weighted by Gasteiger charge is -2.19. The number of para-hydroxylation sites is 1. The van der Waals surface area contributed by atoms with Crippen LogP contribution in [0, 0.1) is 0 Å². The molecule has 0 saturated carbocycles. The molecule has 0 radical (unpaired) electrons. The van der Waals surface area contributed by atoms with Crippen molar-refractivity contribution in [3.8, 4) is 5.75 Å². The Balaban J connectivity index is 2.22.